The molecule has 1 saturated carbocycles. The topological polar surface area (TPSA) is 158 Å². The highest BCUT2D eigenvalue weighted by Crippen LogP contribution is 2.47. The van der Waals surface area contributed by atoms with Crippen LogP contribution in [-0.4, -0.2) is 51.6 Å². The van der Waals surface area contributed by atoms with Gasteiger partial charge in [-0.15, -0.1) is 0 Å². The molecule has 3 N–H and O–H groups in total. The molecule has 5 atom stereocenters. The fourth-order valence-corrected chi connectivity index (χ4v) is 7.15. The van der Waals surface area contributed by atoms with Crippen molar-refractivity contribution < 1.29 is 33.0 Å². The number of benzene rings is 2. The van der Waals surface area contributed by atoms with Gasteiger partial charge in [0.25, 0.3) is 5.56 Å². The molecule has 44 heavy (non-hydrogen) atoms. The van der Waals surface area contributed by atoms with E-state index in [1.54, 1.807) is 12.1 Å². The van der Waals surface area contributed by atoms with Crippen LogP contribution in [0.15, 0.2) is 63.2 Å². The monoisotopic (exact) mass is 691 g/mol. The lowest BCUT2D eigenvalue weighted by Crippen LogP contribution is -2.38. The van der Waals surface area contributed by atoms with Crippen LogP contribution in [0.4, 0.5) is 0 Å². The first-order chi connectivity index (χ1) is 21.2. The number of aromatic amines is 1. The molecule has 2 aromatic carbocycles. The number of H-pyrrole nitrogens is 1. The largest absolute Gasteiger partial charge is 0.461 e. The minimum Gasteiger partial charge on any atom is -0.461 e. The van der Waals surface area contributed by atoms with Crippen LogP contribution >= 0.6 is 23.7 Å². The molecular weight excluding hydrogens is 657 g/mol. The maximum Gasteiger partial charge on any atom is 0.459 e. The molecule has 3 aromatic rings. The molecule has 2 fully saturated rings. The van der Waals surface area contributed by atoms with Crippen molar-refractivity contribution in [2.24, 2.45) is 0 Å². The SMILES string of the molecule is C[C@H](NP(=O)(OC[C@H]1O[C@@H](n2cc(/C=C/Br)c(=O)[nH]c2=O)C[C@@H]1O)Oc1cccc2ccccc12)C(=O)OC1CCCCC1. The average molecular weight is 692 g/mol. The second-order valence-electron chi connectivity index (χ2n) is 10.9. The summed E-state index contributed by atoms with van der Waals surface area (Å²) in [5, 5.41) is 15.0. The smallest absolute Gasteiger partial charge is 0.459 e. The van der Waals surface area contributed by atoms with Crippen LogP contribution in [-0.2, 0) is 23.4 Å². The van der Waals surface area contributed by atoms with E-state index in [1.807, 2.05) is 30.3 Å². The number of hydrogen-bond donors (Lipinski definition) is 3. The van der Waals surface area contributed by atoms with Crippen LogP contribution < -0.4 is 20.9 Å². The number of nitrogens with zero attached hydrogens (tertiary/aromatic N) is 1. The van der Waals surface area contributed by atoms with Crippen LogP contribution in [0.1, 0.15) is 57.2 Å². The molecule has 236 valence electrons. The number of aliphatic hydroxyl groups is 1. The Bertz CT molecular complexity index is 1660. The first-order valence-electron chi connectivity index (χ1n) is 14.5. The Morgan fingerprint density at radius 3 is 2.73 bits per heavy atom. The summed E-state index contributed by atoms with van der Waals surface area (Å²) in [5.74, 6) is -0.310. The summed E-state index contributed by atoms with van der Waals surface area (Å²) in [4.78, 5) is 41.2. The third kappa shape index (κ3) is 7.77. The number of fused-ring (bicyclic) bond motifs is 1. The number of nitrogens with one attached hydrogen (secondary N) is 2. The summed E-state index contributed by atoms with van der Waals surface area (Å²) >= 11 is 3.11. The summed E-state index contributed by atoms with van der Waals surface area (Å²) < 4.78 is 38.8. The lowest BCUT2D eigenvalue weighted by molar-refractivity contribution is -0.152. The summed E-state index contributed by atoms with van der Waals surface area (Å²) in [6.07, 6.45) is 4.19. The van der Waals surface area contributed by atoms with Crippen LogP contribution in [0.2, 0.25) is 0 Å². The van der Waals surface area contributed by atoms with Crippen LogP contribution in [0.5, 0.6) is 5.75 Å². The van der Waals surface area contributed by atoms with E-state index < -0.39 is 56.0 Å². The second-order valence-corrected chi connectivity index (χ2v) is 13.1. The van der Waals surface area contributed by atoms with Gasteiger partial charge in [0.15, 0.2) is 0 Å². The Morgan fingerprint density at radius 2 is 1.95 bits per heavy atom. The lowest BCUT2D eigenvalue weighted by Gasteiger charge is -2.27. The Kier molecular flexibility index (Phi) is 10.6. The molecule has 0 bridgehead atoms. The third-order valence-electron chi connectivity index (χ3n) is 7.67. The van der Waals surface area contributed by atoms with Crippen LogP contribution in [0.3, 0.4) is 0 Å². The van der Waals surface area contributed by atoms with Gasteiger partial charge >= 0.3 is 19.4 Å². The zero-order valence-electron chi connectivity index (χ0n) is 24.1. The summed E-state index contributed by atoms with van der Waals surface area (Å²) in [7, 11) is -4.28. The van der Waals surface area contributed by atoms with Gasteiger partial charge < -0.3 is 19.1 Å². The van der Waals surface area contributed by atoms with Gasteiger partial charge in [0, 0.05) is 18.0 Å². The molecule has 1 aliphatic heterocycles. The number of hydrogen-bond acceptors (Lipinski definition) is 9. The van der Waals surface area contributed by atoms with Crippen molar-refractivity contribution in [2.75, 3.05) is 6.61 Å². The van der Waals surface area contributed by atoms with Gasteiger partial charge in [0.05, 0.1) is 18.3 Å². The van der Waals surface area contributed by atoms with E-state index in [9.17, 15) is 24.1 Å². The number of aliphatic hydroxyl groups excluding tert-OH is 1. The number of carbonyl (C=O) groups excluding carboxylic acids is 1. The van der Waals surface area contributed by atoms with E-state index in [0.717, 1.165) is 37.5 Å². The van der Waals surface area contributed by atoms with Crippen LogP contribution in [0, 0.1) is 0 Å². The number of rotatable bonds is 11. The molecule has 0 amide bonds. The predicted octanol–water partition coefficient (Wildman–Crippen LogP) is 4.76. The average Bonchev–Trinajstić information content (AvgIpc) is 3.38. The molecule has 0 spiro atoms. The van der Waals surface area contributed by atoms with Gasteiger partial charge in [-0.2, -0.15) is 5.09 Å². The van der Waals surface area contributed by atoms with Crippen molar-refractivity contribution in [1.82, 2.24) is 14.6 Å². The standard InChI is InChI=1S/C30H35BrN3O9P/c1-19(29(37)41-22-10-3-2-4-11-22)33-44(39,43-25-13-7-9-20-8-5-6-12-23(20)25)40-18-26-24(35)16-27(42-26)34-17-21(14-15-31)28(36)32-30(34)38/h5-9,12-15,17,19,22,24,26-27,35H,2-4,10-11,16,18H2,1H3,(H,33,39)(H,32,36,38)/b15-14+/t19-,24-,26+,27+,44?/m0/s1. The Morgan fingerprint density at radius 1 is 1.20 bits per heavy atom. The van der Waals surface area contributed by atoms with Gasteiger partial charge in [-0.05, 0) is 55.1 Å². The van der Waals surface area contributed by atoms with E-state index in [0.29, 0.717) is 5.39 Å². The molecule has 1 saturated heterocycles. The first-order valence-corrected chi connectivity index (χ1v) is 17.0. The highest BCUT2D eigenvalue weighted by Gasteiger charge is 2.40. The molecular formula is C30H35BrN3O9P. The number of aromatic nitrogens is 2. The van der Waals surface area contributed by atoms with Crippen molar-refractivity contribution in [3.8, 4) is 5.75 Å². The van der Waals surface area contributed by atoms with E-state index in [2.05, 4.69) is 26.0 Å². The maximum absolute atomic E-state index is 14.2. The van der Waals surface area contributed by atoms with Gasteiger partial charge in [-0.1, -0.05) is 58.7 Å². The lowest BCUT2D eigenvalue weighted by atomic mass is 9.98. The van der Waals surface area contributed by atoms with E-state index in [1.165, 1.54) is 28.7 Å². The fraction of sp³-hybridized carbons (Fsp3) is 0.433. The Balaban J connectivity index is 1.34. The fourth-order valence-electron chi connectivity index (χ4n) is 5.34. The minimum absolute atomic E-state index is 0.00344. The zero-order chi connectivity index (χ0) is 31.3. The summed E-state index contributed by atoms with van der Waals surface area (Å²) in [6.45, 7) is 1.12. The van der Waals surface area contributed by atoms with Crippen molar-refractivity contribution in [3.63, 3.8) is 0 Å². The highest BCUT2D eigenvalue weighted by atomic mass is 79.9. The van der Waals surface area contributed by atoms with Crippen molar-refractivity contribution in [1.29, 1.82) is 0 Å². The van der Waals surface area contributed by atoms with Gasteiger partial charge in [-0.3, -0.25) is 23.7 Å². The van der Waals surface area contributed by atoms with Gasteiger partial charge in [0.2, 0.25) is 0 Å². The van der Waals surface area contributed by atoms with E-state index in [-0.39, 0.29) is 23.8 Å². The second kappa shape index (κ2) is 14.4. The number of esters is 1. The summed E-state index contributed by atoms with van der Waals surface area (Å²) in [6, 6.07) is 11.6. The number of carbonyl (C=O) groups is 1. The summed E-state index contributed by atoms with van der Waals surface area (Å²) in [5.41, 5.74) is -1.09. The molecule has 2 heterocycles. The molecule has 1 unspecified atom stereocenters. The zero-order valence-corrected chi connectivity index (χ0v) is 26.6. The molecule has 0 radical (unpaired) electrons. The molecule has 5 rings (SSSR count). The van der Waals surface area contributed by atoms with Crippen LogP contribution in [0.25, 0.3) is 16.8 Å². The third-order valence-corrected chi connectivity index (χ3v) is 9.56. The Hall–Kier alpha value is -3.06. The van der Waals surface area contributed by atoms with E-state index in [4.69, 9.17) is 18.5 Å². The van der Waals surface area contributed by atoms with Gasteiger partial charge in [-0.25, -0.2) is 9.36 Å². The minimum atomic E-state index is -4.28. The van der Waals surface area contributed by atoms with Crippen molar-refractivity contribution in [2.45, 2.75) is 76.0 Å². The molecule has 14 heteroatoms. The number of halogens is 1. The normalized spacial score (nSPS) is 23.0. The molecule has 2 aliphatic rings. The molecule has 1 aliphatic carbocycles. The predicted molar refractivity (Wildman–Crippen MR) is 168 cm³/mol. The van der Waals surface area contributed by atoms with Gasteiger partial charge in [0.1, 0.15) is 30.2 Å². The quantitative estimate of drug-likeness (QED) is 0.189. The maximum atomic E-state index is 14.2. The first kappa shape index (κ1) is 32.3. The number of ether oxygens (including phenoxy) is 2. The van der Waals surface area contributed by atoms with Crippen molar-refractivity contribution in [3.05, 3.63) is 80.0 Å². The van der Waals surface area contributed by atoms with E-state index >= 15 is 0 Å². The molecule has 1 aromatic heterocycles. The van der Waals surface area contributed by atoms with Crippen molar-refractivity contribution >= 4 is 46.5 Å². The molecule has 12 nitrogen and oxygen atoms in total. The highest BCUT2D eigenvalue weighted by molar-refractivity contribution is 9.11. The Labute approximate surface area is 262 Å².